The zero-order chi connectivity index (χ0) is 18.0. The first-order valence-corrected chi connectivity index (χ1v) is 8.62. The molecule has 0 saturated heterocycles. The molecule has 0 radical (unpaired) electrons. The second-order valence-electron chi connectivity index (χ2n) is 5.84. The molecule has 0 aliphatic heterocycles. The fourth-order valence-corrected chi connectivity index (χ4v) is 3.17. The van der Waals surface area contributed by atoms with Crippen molar-refractivity contribution in [2.75, 3.05) is 0 Å². The van der Waals surface area contributed by atoms with Crippen LogP contribution in [0.15, 0.2) is 59.0 Å². The molecule has 5 heteroatoms. The van der Waals surface area contributed by atoms with Gasteiger partial charge in [-0.25, -0.2) is 0 Å². The van der Waals surface area contributed by atoms with E-state index in [2.05, 4.69) is 5.32 Å². The lowest BCUT2D eigenvalue weighted by Gasteiger charge is -2.13. The van der Waals surface area contributed by atoms with Crippen LogP contribution in [-0.2, 0) is 0 Å². The van der Waals surface area contributed by atoms with Gasteiger partial charge in [0.2, 0.25) is 0 Å². The van der Waals surface area contributed by atoms with Crippen molar-refractivity contribution in [2.24, 2.45) is 0 Å². The minimum Gasteiger partial charge on any atom is -0.461 e. The highest BCUT2D eigenvalue weighted by Gasteiger charge is 2.18. The summed E-state index contributed by atoms with van der Waals surface area (Å²) < 4.78 is 5.74. The van der Waals surface area contributed by atoms with Crippen molar-refractivity contribution in [1.82, 2.24) is 5.32 Å². The molecule has 0 aliphatic carbocycles. The lowest BCUT2D eigenvalue weighted by Crippen LogP contribution is -2.26. The van der Waals surface area contributed by atoms with Crippen molar-refractivity contribution in [3.8, 4) is 11.3 Å². The van der Waals surface area contributed by atoms with Crippen molar-refractivity contribution in [3.63, 3.8) is 0 Å². The number of hydrogen-bond donors (Lipinski definition) is 1. The van der Waals surface area contributed by atoms with Gasteiger partial charge in [-0.05, 0) is 43.7 Å². The molecule has 3 nitrogen and oxygen atoms in total. The number of halogens is 2. The zero-order valence-electron chi connectivity index (χ0n) is 13.8. The van der Waals surface area contributed by atoms with Gasteiger partial charge in [-0.15, -0.1) is 0 Å². The average molecular weight is 374 g/mol. The van der Waals surface area contributed by atoms with Gasteiger partial charge in [0.15, 0.2) is 0 Å². The Kier molecular flexibility index (Phi) is 5.16. The predicted molar refractivity (Wildman–Crippen MR) is 101 cm³/mol. The Labute approximate surface area is 156 Å². The van der Waals surface area contributed by atoms with Crippen molar-refractivity contribution >= 4 is 29.1 Å². The average Bonchev–Trinajstić information content (AvgIpc) is 2.97. The number of benzene rings is 2. The van der Waals surface area contributed by atoms with Crippen LogP contribution < -0.4 is 5.32 Å². The minimum absolute atomic E-state index is 0.105. The molecule has 1 heterocycles. The SMILES string of the molecule is Cc1oc(-c2cc(Cl)cc(Cl)c2)cc1C(=O)N[C@H](C)c1ccccc1. The molecule has 1 N–H and O–H groups in total. The van der Waals surface area contributed by atoms with E-state index in [0.29, 0.717) is 27.1 Å². The smallest absolute Gasteiger partial charge is 0.255 e. The number of nitrogens with one attached hydrogen (secondary N) is 1. The molecule has 1 atom stereocenters. The summed E-state index contributed by atoms with van der Waals surface area (Å²) in [5, 5.41) is 4.02. The molecule has 0 fully saturated rings. The van der Waals surface area contributed by atoms with Crippen LogP contribution in [0.3, 0.4) is 0 Å². The molecule has 1 amide bonds. The lowest BCUT2D eigenvalue weighted by molar-refractivity contribution is 0.0938. The Hall–Kier alpha value is -2.23. The fourth-order valence-electron chi connectivity index (χ4n) is 2.65. The Morgan fingerprint density at radius 3 is 2.32 bits per heavy atom. The standard InChI is InChI=1S/C20H17Cl2NO2/c1-12(14-6-4-3-5-7-14)23-20(24)18-11-19(25-13(18)2)15-8-16(21)10-17(22)9-15/h3-12H,1-2H3,(H,23,24)/t12-/m1/s1. The van der Waals surface area contributed by atoms with E-state index in [9.17, 15) is 4.79 Å². The molecule has 128 valence electrons. The van der Waals surface area contributed by atoms with E-state index in [1.54, 1.807) is 31.2 Å². The summed E-state index contributed by atoms with van der Waals surface area (Å²) in [6.45, 7) is 3.71. The van der Waals surface area contributed by atoms with Crippen LogP contribution in [0.1, 0.15) is 34.6 Å². The molecular weight excluding hydrogens is 357 g/mol. The topological polar surface area (TPSA) is 42.2 Å². The molecule has 0 saturated carbocycles. The van der Waals surface area contributed by atoms with Gasteiger partial charge in [0.25, 0.3) is 5.91 Å². The van der Waals surface area contributed by atoms with E-state index in [-0.39, 0.29) is 11.9 Å². The highest BCUT2D eigenvalue weighted by Crippen LogP contribution is 2.30. The van der Waals surface area contributed by atoms with Crippen LogP contribution in [0.4, 0.5) is 0 Å². The Balaban J connectivity index is 1.83. The van der Waals surface area contributed by atoms with Crippen molar-refractivity contribution < 1.29 is 9.21 Å². The first-order chi connectivity index (χ1) is 11.9. The lowest BCUT2D eigenvalue weighted by atomic mass is 10.1. The van der Waals surface area contributed by atoms with Gasteiger partial charge < -0.3 is 9.73 Å². The van der Waals surface area contributed by atoms with Crippen LogP contribution in [0.2, 0.25) is 10.0 Å². The molecule has 25 heavy (non-hydrogen) atoms. The van der Waals surface area contributed by atoms with Gasteiger partial charge in [-0.3, -0.25) is 4.79 Å². The number of rotatable bonds is 4. The summed E-state index contributed by atoms with van der Waals surface area (Å²) in [6, 6.07) is 16.6. The molecule has 0 bridgehead atoms. The number of aryl methyl sites for hydroxylation is 1. The van der Waals surface area contributed by atoms with E-state index in [0.717, 1.165) is 11.1 Å². The van der Waals surface area contributed by atoms with Crippen LogP contribution in [-0.4, -0.2) is 5.91 Å². The van der Waals surface area contributed by atoms with Gasteiger partial charge in [0.05, 0.1) is 11.6 Å². The maximum atomic E-state index is 12.6. The summed E-state index contributed by atoms with van der Waals surface area (Å²) in [7, 11) is 0. The third-order valence-corrected chi connectivity index (χ3v) is 4.39. The Morgan fingerprint density at radius 2 is 1.68 bits per heavy atom. The fraction of sp³-hybridized carbons (Fsp3) is 0.150. The number of carbonyl (C=O) groups excluding carboxylic acids is 1. The molecule has 3 rings (SSSR count). The second kappa shape index (κ2) is 7.34. The second-order valence-corrected chi connectivity index (χ2v) is 6.72. The van der Waals surface area contributed by atoms with Crippen molar-refractivity contribution in [2.45, 2.75) is 19.9 Å². The van der Waals surface area contributed by atoms with Gasteiger partial charge in [0, 0.05) is 15.6 Å². The van der Waals surface area contributed by atoms with Crippen LogP contribution in [0.25, 0.3) is 11.3 Å². The molecular formula is C20H17Cl2NO2. The summed E-state index contributed by atoms with van der Waals surface area (Å²) in [5.74, 6) is 0.917. The van der Waals surface area contributed by atoms with E-state index in [4.69, 9.17) is 27.6 Å². The van der Waals surface area contributed by atoms with Gasteiger partial charge in [0.1, 0.15) is 11.5 Å². The maximum absolute atomic E-state index is 12.6. The van der Waals surface area contributed by atoms with Crippen molar-refractivity contribution in [3.05, 3.63) is 81.5 Å². The molecule has 3 aromatic rings. The minimum atomic E-state index is -0.183. The summed E-state index contributed by atoms with van der Waals surface area (Å²) in [6.07, 6.45) is 0. The quantitative estimate of drug-likeness (QED) is 0.604. The third kappa shape index (κ3) is 4.06. The van der Waals surface area contributed by atoms with Crippen LogP contribution in [0.5, 0.6) is 0 Å². The third-order valence-electron chi connectivity index (χ3n) is 3.96. The van der Waals surface area contributed by atoms with E-state index in [1.807, 2.05) is 37.3 Å². The van der Waals surface area contributed by atoms with E-state index >= 15 is 0 Å². The normalized spacial score (nSPS) is 12.0. The molecule has 0 aliphatic rings. The monoisotopic (exact) mass is 373 g/mol. The summed E-state index contributed by atoms with van der Waals surface area (Å²) in [4.78, 5) is 12.6. The van der Waals surface area contributed by atoms with Crippen molar-refractivity contribution in [1.29, 1.82) is 0 Å². The number of hydrogen-bond acceptors (Lipinski definition) is 2. The Bertz CT molecular complexity index is 883. The summed E-state index contributed by atoms with van der Waals surface area (Å²) >= 11 is 12.1. The molecule has 0 spiro atoms. The van der Waals surface area contributed by atoms with Crippen LogP contribution >= 0.6 is 23.2 Å². The molecule has 2 aromatic carbocycles. The van der Waals surface area contributed by atoms with Crippen LogP contribution in [0, 0.1) is 6.92 Å². The zero-order valence-corrected chi connectivity index (χ0v) is 15.4. The molecule has 0 unspecified atom stereocenters. The highest BCUT2D eigenvalue weighted by molar-refractivity contribution is 6.35. The van der Waals surface area contributed by atoms with Gasteiger partial charge in [-0.1, -0.05) is 53.5 Å². The van der Waals surface area contributed by atoms with Gasteiger partial charge in [-0.2, -0.15) is 0 Å². The Morgan fingerprint density at radius 1 is 1.04 bits per heavy atom. The predicted octanol–water partition coefficient (Wildman–Crippen LogP) is 6.05. The first-order valence-electron chi connectivity index (χ1n) is 7.87. The van der Waals surface area contributed by atoms with E-state index < -0.39 is 0 Å². The number of amides is 1. The number of furan rings is 1. The molecule has 1 aromatic heterocycles. The summed E-state index contributed by atoms with van der Waals surface area (Å²) in [5.41, 5.74) is 2.27. The maximum Gasteiger partial charge on any atom is 0.255 e. The largest absolute Gasteiger partial charge is 0.461 e. The highest BCUT2D eigenvalue weighted by atomic mass is 35.5. The van der Waals surface area contributed by atoms with Gasteiger partial charge >= 0.3 is 0 Å². The first kappa shape index (κ1) is 17.6. The van der Waals surface area contributed by atoms with E-state index in [1.165, 1.54) is 0 Å². The number of carbonyl (C=O) groups is 1.